The van der Waals surface area contributed by atoms with Gasteiger partial charge in [-0.3, -0.25) is 4.79 Å². The minimum Gasteiger partial charge on any atom is -0.466 e. The van der Waals surface area contributed by atoms with Gasteiger partial charge >= 0.3 is 12.1 Å². The van der Waals surface area contributed by atoms with Crippen molar-refractivity contribution >= 4 is 17.7 Å². The molecule has 0 radical (unpaired) electrons. The van der Waals surface area contributed by atoms with Gasteiger partial charge in [-0.15, -0.1) is 11.8 Å². The molecular weight excluding hydrogens is 517 g/mol. The largest absolute Gasteiger partial charge is 0.466 e. The van der Waals surface area contributed by atoms with Gasteiger partial charge in [0.1, 0.15) is 0 Å². The van der Waals surface area contributed by atoms with Crippen LogP contribution in [0.1, 0.15) is 46.4 Å². The highest BCUT2D eigenvalue weighted by molar-refractivity contribution is 7.99. The SMILES string of the molecule is CCOC(=O)CCc1ccc(SC(Cc2ccccc2)c2ccc(-c3ccc(C(F)(F)F)cc3)cc2)cc1C. The molecule has 0 N–H and O–H groups in total. The number of aryl methyl sites for hydroxylation is 2. The molecule has 4 aromatic carbocycles. The molecule has 0 heterocycles. The van der Waals surface area contributed by atoms with Gasteiger partial charge in [0, 0.05) is 16.6 Å². The van der Waals surface area contributed by atoms with Gasteiger partial charge in [-0.2, -0.15) is 13.2 Å². The van der Waals surface area contributed by atoms with Gasteiger partial charge in [-0.05, 0) is 84.3 Å². The number of halogens is 3. The van der Waals surface area contributed by atoms with Crippen molar-refractivity contribution < 1.29 is 22.7 Å². The van der Waals surface area contributed by atoms with Gasteiger partial charge in [0.25, 0.3) is 0 Å². The van der Waals surface area contributed by atoms with Crippen LogP contribution in [0, 0.1) is 6.92 Å². The van der Waals surface area contributed by atoms with E-state index in [-0.39, 0.29) is 11.2 Å². The van der Waals surface area contributed by atoms with Crippen LogP contribution in [-0.2, 0) is 28.5 Å². The Morgan fingerprint density at radius 1 is 0.872 bits per heavy atom. The number of benzene rings is 4. The molecule has 0 fully saturated rings. The van der Waals surface area contributed by atoms with Crippen LogP contribution in [0.15, 0.2) is 102 Å². The van der Waals surface area contributed by atoms with Gasteiger partial charge < -0.3 is 4.74 Å². The number of alkyl halides is 3. The molecule has 0 spiro atoms. The summed E-state index contributed by atoms with van der Waals surface area (Å²) in [6.07, 6.45) is -2.51. The Morgan fingerprint density at radius 2 is 1.51 bits per heavy atom. The topological polar surface area (TPSA) is 26.3 Å². The molecule has 0 aliphatic rings. The van der Waals surface area contributed by atoms with Crippen LogP contribution < -0.4 is 0 Å². The Kier molecular flexibility index (Phi) is 9.52. The van der Waals surface area contributed by atoms with Gasteiger partial charge in [-0.1, -0.05) is 72.8 Å². The van der Waals surface area contributed by atoms with Gasteiger partial charge in [0.15, 0.2) is 0 Å². The van der Waals surface area contributed by atoms with Crippen LogP contribution >= 0.6 is 11.8 Å². The van der Waals surface area contributed by atoms with Gasteiger partial charge in [0.05, 0.1) is 12.2 Å². The predicted molar refractivity (Wildman–Crippen MR) is 152 cm³/mol. The fourth-order valence-corrected chi connectivity index (χ4v) is 5.74. The van der Waals surface area contributed by atoms with Crippen LogP contribution in [0.5, 0.6) is 0 Å². The zero-order chi connectivity index (χ0) is 27.8. The summed E-state index contributed by atoms with van der Waals surface area (Å²) in [7, 11) is 0. The van der Waals surface area contributed by atoms with Crippen molar-refractivity contribution in [3.05, 3.63) is 125 Å². The molecule has 0 saturated heterocycles. The Balaban J connectivity index is 1.53. The summed E-state index contributed by atoms with van der Waals surface area (Å²) in [5, 5.41) is 0.138. The first kappa shape index (κ1) is 28.5. The second kappa shape index (κ2) is 13.0. The lowest BCUT2D eigenvalue weighted by Gasteiger charge is -2.19. The van der Waals surface area contributed by atoms with Crippen LogP contribution in [0.25, 0.3) is 11.1 Å². The number of hydrogen-bond donors (Lipinski definition) is 0. The summed E-state index contributed by atoms with van der Waals surface area (Å²) in [5.41, 5.74) is 5.61. The number of rotatable bonds is 10. The second-order valence-corrected chi connectivity index (χ2v) is 10.7. The van der Waals surface area contributed by atoms with Crippen molar-refractivity contribution in [2.45, 2.75) is 49.4 Å². The number of ether oxygens (including phenoxy) is 1. The number of esters is 1. The average molecular weight is 549 g/mol. The highest BCUT2D eigenvalue weighted by Gasteiger charge is 2.30. The number of thioether (sulfide) groups is 1. The third-order valence-electron chi connectivity index (χ3n) is 6.59. The van der Waals surface area contributed by atoms with E-state index >= 15 is 0 Å². The number of hydrogen-bond acceptors (Lipinski definition) is 3. The van der Waals surface area contributed by atoms with Crippen LogP contribution in [0.2, 0.25) is 0 Å². The molecule has 1 atom stereocenters. The molecule has 0 amide bonds. The van der Waals surface area contributed by atoms with Crippen LogP contribution in [-0.4, -0.2) is 12.6 Å². The molecule has 6 heteroatoms. The maximum Gasteiger partial charge on any atom is 0.416 e. The molecule has 202 valence electrons. The van der Waals surface area contributed by atoms with E-state index in [1.807, 2.05) is 37.3 Å². The number of carbonyl (C=O) groups excluding carboxylic acids is 1. The monoisotopic (exact) mass is 548 g/mol. The molecule has 0 aromatic heterocycles. The Morgan fingerprint density at radius 3 is 2.10 bits per heavy atom. The first-order chi connectivity index (χ1) is 18.7. The van der Waals surface area contributed by atoms with E-state index in [1.165, 1.54) is 17.7 Å². The predicted octanol–water partition coefficient (Wildman–Crippen LogP) is 9.25. The highest BCUT2D eigenvalue weighted by Crippen LogP contribution is 2.39. The van der Waals surface area contributed by atoms with Crippen molar-refractivity contribution in [3.8, 4) is 11.1 Å². The molecule has 4 rings (SSSR count). The molecule has 0 aliphatic heterocycles. The normalized spacial score (nSPS) is 12.2. The third kappa shape index (κ3) is 7.99. The summed E-state index contributed by atoms with van der Waals surface area (Å²) < 4.78 is 43.9. The minimum absolute atomic E-state index is 0.138. The summed E-state index contributed by atoms with van der Waals surface area (Å²) in [4.78, 5) is 12.9. The van der Waals surface area contributed by atoms with E-state index in [1.54, 1.807) is 11.8 Å². The maximum atomic E-state index is 12.9. The fraction of sp³-hybridized carbons (Fsp3) is 0.242. The Hall–Kier alpha value is -3.51. The maximum absolute atomic E-state index is 12.9. The van der Waals surface area contributed by atoms with Crippen molar-refractivity contribution in [1.29, 1.82) is 0 Å². The second-order valence-electron chi connectivity index (χ2n) is 9.39. The third-order valence-corrected chi connectivity index (χ3v) is 7.84. The summed E-state index contributed by atoms with van der Waals surface area (Å²) in [6, 6.07) is 30.0. The number of carbonyl (C=O) groups is 1. The molecule has 0 bridgehead atoms. The van der Waals surface area contributed by atoms with E-state index in [4.69, 9.17) is 4.74 Å². The van der Waals surface area contributed by atoms with Crippen LogP contribution in [0.4, 0.5) is 13.2 Å². The minimum atomic E-state index is -4.35. The zero-order valence-electron chi connectivity index (χ0n) is 22.0. The lowest BCUT2D eigenvalue weighted by molar-refractivity contribution is -0.143. The van der Waals surface area contributed by atoms with E-state index in [0.29, 0.717) is 19.4 Å². The Labute approximate surface area is 232 Å². The van der Waals surface area contributed by atoms with Crippen LogP contribution in [0.3, 0.4) is 0 Å². The Bertz CT molecular complexity index is 1370. The van der Waals surface area contributed by atoms with E-state index < -0.39 is 11.7 Å². The summed E-state index contributed by atoms with van der Waals surface area (Å²) in [5.74, 6) is -0.182. The quantitative estimate of drug-likeness (QED) is 0.146. The van der Waals surface area contributed by atoms with E-state index in [2.05, 4.69) is 49.4 Å². The van der Waals surface area contributed by atoms with Crippen molar-refractivity contribution in [3.63, 3.8) is 0 Å². The summed E-state index contributed by atoms with van der Waals surface area (Å²) in [6.45, 7) is 4.26. The lowest BCUT2D eigenvalue weighted by atomic mass is 9.99. The first-order valence-electron chi connectivity index (χ1n) is 13.0. The molecular formula is C33H31F3O2S. The molecule has 0 aliphatic carbocycles. The van der Waals surface area contributed by atoms with Crippen molar-refractivity contribution in [2.24, 2.45) is 0 Å². The first-order valence-corrected chi connectivity index (χ1v) is 13.8. The molecule has 4 aromatic rings. The van der Waals surface area contributed by atoms with Gasteiger partial charge in [0.2, 0.25) is 0 Å². The lowest BCUT2D eigenvalue weighted by Crippen LogP contribution is -2.05. The molecule has 1 unspecified atom stereocenters. The smallest absolute Gasteiger partial charge is 0.416 e. The molecule has 0 saturated carbocycles. The average Bonchev–Trinajstić information content (AvgIpc) is 2.93. The highest BCUT2D eigenvalue weighted by atomic mass is 32.2. The van der Waals surface area contributed by atoms with E-state index in [9.17, 15) is 18.0 Å². The summed E-state index contributed by atoms with van der Waals surface area (Å²) >= 11 is 1.78. The molecule has 2 nitrogen and oxygen atoms in total. The van der Waals surface area contributed by atoms with Crippen molar-refractivity contribution in [2.75, 3.05) is 6.61 Å². The van der Waals surface area contributed by atoms with E-state index in [0.717, 1.165) is 51.3 Å². The van der Waals surface area contributed by atoms with Gasteiger partial charge in [-0.25, -0.2) is 0 Å². The fourth-order valence-electron chi connectivity index (χ4n) is 4.45. The molecule has 39 heavy (non-hydrogen) atoms. The zero-order valence-corrected chi connectivity index (χ0v) is 22.8. The van der Waals surface area contributed by atoms with Crippen molar-refractivity contribution in [1.82, 2.24) is 0 Å². The standard InChI is InChI=1S/C33H31F3O2S/c1-3-38-32(37)20-16-25-15-19-30(21-23(25)2)39-31(22-24-7-5-4-6-8-24)28-11-9-26(10-12-28)27-13-17-29(18-14-27)33(34,35)36/h4-15,17-19,21,31H,3,16,20,22H2,1-2H3.